The molecule has 1 aromatic heterocycles. The Kier molecular flexibility index (Phi) is 4.34. The summed E-state index contributed by atoms with van der Waals surface area (Å²) in [4.78, 5) is 17.8. The Morgan fingerprint density at radius 3 is 2.64 bits per heavy atom. The SMILES string of the molecule is Cc1ccc2[nH]c(C)c(C[NH+](C)C3CCCCC3)c(=O)c2c1. The van der Waals surface area contributed by atoms with Gasteiger partial charge in [-0.3, -0.25) is 4.79 Å². The first-order valence-electron chi connectivity index (χ1n) is 8.50. The lowest BCUT2D eigenvalue weighted by molar-refractivity contribution is -0.921. The van der Waals surface area contributed by atoms with Crippen LogP contribution in [0.5, 0.6) is 0 Å². The van der Waals surface area contributed by atoms with Crippen molar-refractivity contribution in [3.63, 3.8) is 0 Å². The van der Waals surface area contributed by atoms with Crippen LogP contribution in [0.3, 0.4) is 0 Å². The number of nitrogens with one attached hydrogen (secondary N) is 2. The van der Waals surface area contributed by atoms with Gasteiger partial charge in [-0.25, -0.2) is 0 Å². The highest BCUT2D eigenvalue weighted by Gasteiger charge is 2.23. The van der Waals surface area contributed by atoms with Gasteiger partial charge in [-0.05, 0) is 51.7 Å². The van der Waals surface area contributed by atoms with Crippen LogP contribution < -0.4 is 10.3 Å². The third-order valence-corrected chi connectivity index (χ3v) is 5.23. The average molecular weight is 299 g/mol. The number of hydrogen-bond acceptors (Lipinski definition) is 1. The van der Waals surface area contributed by atoms with Crippen LogP contribution in [0, 0.1) is 13.8 Å². The largest absolute Gasteiger partial charge is 0.358 e. The number of quaternary nitrogens is 1. The molecule has 22 heavy (non-hydrogen) atoms. The van der Waals surface area contributed by atoms with Gasteiger partial charge in [0.15, 0.2) is 5.43 Å². The molecule has 1 heterocycles. The van der Waals surface area contributed by atoms with Crippen LogP contribution in [-0.4, -0.2) is 18.1 Å². The first-order valence-corrected chi connectivity index (χ1v) is 8.50. The van der Waals surface area contributed by atoms with Crippen LogP contribution >= 0.6 is 0 Å². The van der Waals surface area contributed by atoms with Crippen molar-refractivity contribution >= 4 is 10.9 Å². The van der Waals surface area contributed by atoms with Gasteiger partial charge in [-0.2, -0.15) is 0 Å². The predicted octanol–water partition coefficient (Wildman–Crippen LogP) is 2.49. The molecule has 1 aliphatic carbocycles. The van der Waals surface area contributed by atoms with E-state index in [0.29, 0.717) is 6.04 Å². The highest BCUT2D eigenvalue weighted by molar-refractivity contribution is 5.80. The molecule has 3 rings (SSSR count). The molecule has 1 atom stereocenters. The number of benzene rings is 1. The van der Waals surface area contributed by atoms with Crippen molar-refractivity contribution in [2.45, 2.75) is 58.5 Å². The smallest absolute Gasteiger partial charge is 0.198 e. The fraction of sp³-hybridized carbons (Fsp3) is 0.526. The van der Waals surface area contributed by atoms with Gasteiger partial charge in [0.2, 0.25) is 0 Å². The quantitative estimate of drug-likeness (QED) is 0.898. The molecule has 0 spiro atoms. The monoisotopic (exact) mass is 299 g/mol. The van der Waals surface area contributed by atoms with Crippen LogP contribution in [0.2, 0.25) is 0 Å². The summed E-state index contributed by atoms with van der Waals surface area (Å²) in [5.41, 5.74) is 4.29. The zero-order valence-electron chi connectivity index (χ0n) is 14.0. The predicted molar refractivity (Wildman–Crippen MR) is 91.5 cm³/mol. The minimum atomic E-state index is 0.213. The molecule has 0 bridgehead atoms. The normalized spacial score (nSPS) is 17.8. The molecule has 0 aliphatic heterocycles. The molecular weight excluding hydrogens is 272 g/mol. The summed E-state index contributed by atoms with van der Waals surface area (Å²) in [6, 6.07) is 6.78. The van der Waals surface area contributed by atoms with Gasteiger partial charge in [0, 0.05) is 16.6 Å². The van der Waals surface area contributed by atoms with Gasteiger partial charge in [0.1, 0.15) is 6.54 Å². The van der Waals surface area contributed by atoms with Crippen LogP contribution in [0.1, 0.15) is 48.9 Å². The first-order chi connectivity index (χ1) is 10.6. The maximum absolute atomic E-state index is 12.9. The molecule has 118 valence electrons. The minimum Gasteiger partial charge on any atom is -0.358 e. The molecule has 3 nitrogen and oxygen atoms in total. The van der Waals surface area contributed by atoms with Gasteiger partial charge in [-0.15, -0.1) is 0 Å². The van der Waals surface area contributed by atoms with E-state index in [4.69, 9.17) is 0 Å². The molecular formula is C19H27N2O+. The van der Waals surface area contributed by atoms with Gasteiger partial charge < -0.3 is 9.88 Å². The molecule has 0 amide bonds. The number of hydrogen-bond donors (Lipinski definition) is 2. The molecule has 0 saturated heterocycles. The number of H-pyrrole nitrogens is 1. The Labute approximate surface area is 132 Å². The maximum Gasteiger partial charge on any atom is 0.198 e. The summed E-state index contributed by atoms with van der Waals surface area (Å²) in [5, 5.41) is 0.831. The molecule has 1 unspecified atom stereocenters. The molecule has 1 saturated carbocycles. The van der Waals surface area contributed by atoms with Crippen molar-refractivity contribution in [2.75, 3.05) is 7.05 Å². The van der Waals surface area contributed by atoms with Crippen LogP contribution in [-0.2, 0) is 6.54 Å². The highest BCUT2D eigenvalue weighted by Crippen LogP contribution is 2.16. The third kappa shape index (κ3) is 2.95. The standard InChI is InChI=1S/C19H26N2O/c1-13-9-10-18-16(11-13)19(22)17(14(2)20-18)12-21(3)15-7-5-4-6-8-15/h9-11,15H,4-8,12H2,1-3H3,(H,20,22)/p+1. The van der Waals surface area contributed by atoms with Crippen molar-refractivity contribution in [1.82, 2.24) is 4.98 Å². The molecule has 3 heteroatoms. The molecule has 1 fully saturated rings. The van der Waals surface area contributed by atoms with Gasteiger partial charge >= 0.3 is 0 Å². The van der Waals surface area contributed by atoms with Gasteiger partial charge in [0.25, 0.3) is 0 Å². The topological polar surface area (TPSA) is 37.3 Å². The fourth-order valence-corrected chi connectivity index (χ4v) is 3.80. The average Bonchev–Trinajstić information content (AvgIpc) is 2.53. The van der Waals surface area contributed by atoms with E-state index in [1.807, 2.05) is 26.0 Å². The molecule has 2 N–H and O–H groups in total. The zero-order valence-corrected chi connectivity index (χ0v) is 14.0. The molecule has 1 aliphatic rings. The van der Waals surface area contributed by atoms with E-state index in [9.17, 15) is 4.79 Å². The van der Waals surface area contributed by atoms with E-state index in [2.05, 4.69) is 18.1 Å². The fourth-order valence-electron chi connectivity index (χ4n) is 3.80. The van der Waals surface area contributed by atoms with Crippen LogP contribution in [0.4, 0.5) is 0 Å². The van der Waals surface area contributed by atoms with Crippen molar-refractivity contribution in [2.24, 2.45) is 0 Å². The summed E-state index contributed by atoms with van der Waals surface area (Å²) < 4.78 is 0. The number of aryl methyl sites for hydroxylation is 2. The van der Waals surface area contributed by atoms with E-state index < -0.39 is 0 Å². The number of aromatic amines is 1. The number of pyridine rings is 1. The lowest BCUT2D eigenvalue weighted by Gasteiger charge is -2.28. The summed E-state index contributed by atoms with van der Waals surface area (Å²) in [7, 11) is 2.25. The van der Waals surface area contributed by atoms with E-state index in [0.717, 1.165) is 34.3 Å². The molecule has 1 aromatic carbocycles. The maximum atomic E-state index is 12.9. The summed E-state index contributed by atoms with van der Waals surface area (Å²) in [6.45, 7) is 4.90. The number of aromatic nitrogens is 1. The van der Waals surface area contributed by atoms with E-state index in [1.165, 1.54) is 37.0 Å². The first kappa shape index (κ1) is 15.3. The number of rotatable bonds is 3. The minimum absolute atomic E-state index is 0.213. The van der Waals surface area contributed by atoms with Gasteiger partial charge in [-0.1, -0.05) is 18.1 Å². The lowest BCUT2D eigenvalue weighted by Crippen LogP contribution is -3.12. The van der Waals surface area contributed by atoms with E-state index in [-0.39, 0.29) is 5.43 Å². The second-order valence-corrected chi connectivity index (χ2v) is 6.96. The van der Waals surface area contributed by atoms with Crippen molar-refractivity contribution in [1.29, 1.82) is 0 Å². The summed E-state index contributed by atoms with van der Waals surface area (Å²) >= 11 is 0. The Balaban J connectivity index is 1.94. The third-order valence-electron chi connectivity index (χ3n) is 5.23. The second-order valence-electron chi connectivity index (χ2n) is 6.96. The second kappa shape index (κ2) is 6.25. The molecule has 0 radical (unpaired) electrons. The Morgan fingerprint density at radius 2 is 1.91 bits per heavy atom. The van der Waals surface area contributed by atoms with E-state index >= 15 is 0 Å². The lowest BCUT2D eigenvalue weighted by atomic mass is 9.94. The van der Waals surface area contributed by atoms with Crippen molar-refractivity contribution < 1.29 is 4.90 Å². The highest BCUT2D eigenvalue weighted by atomic mass is 16.1. The number of fused-ring (bicyclic) bond motifs is 1. The van der Waals surface area contributed by atoms with Crippen molar-refractivity contribution in [3.8, 4) is 0 Å². The van der Waals surface area contributed by atoms with Crippen molar-refractivity contribution in [3.05, 3.63) is 45.2 Å². The summed E-state index contributed by atoms with van der Waals surface area (Å²) in [6.07, 6.45) is 6.66. The Hall–Kier alpha value is -1.61. The van der Waals surface area contributed by atoms with Crippen LogP contribution in [0.15, 0.2) is 23.0 Å². The molecule has 2 aromatic rings. The van der Waals surface area contributed by atoms with Gasteiger partial charge in [0.05, 0.1) is 18.7 Å². The Morgan fingerprint density at radius 1 is 1.18 bits per heavy atom. The Bertz CT molecular complexity index is 726. The zero-order chi connectivity index (χ0) is 15.7. The van der Waals surface area contributed by atoms with E-state index in [1.54, 1.807) is 0 Å². The summed E-state index contributed by atoms with van der Waals surface area (Å²) in [5.74, 6) is 0. The van der Waals surface area contributed by atoms with Crippen LogP contribution in [0.25, 0.3) is 10.9 Å².